The first-order chi connectivity index (χ1) is 8.36. The van der Waals surface area contributed by atoms with E-state index in [-0.39, 0.29) is 0 Å². The van der Waals surface area contributed by atoms with Gasteiger partial charge in [-0.2, -0.15) is 0 Å². The van der Waals surface area contributed by atoms with Gasteiger partial charge in [0.05, 0.1) is 12.0 Å². The molecule has 0 radical (unpaired) electrons. The predicted octanol–water partition coefficient (Wildman–Crippen LogP) is 2.71. The molecule has 1 heterocycles. The lowest BCUT2D eigenvalue weighted by atomic mass is 10.0. The molecular weight excluding hydrogens is 210 g/mol. The number of nitrogens with zero attached hydrogens (tertiary/aromatic N) is 2. The molecule has 0 fully saturated rings. The lowest BCUT2D eigenvalue weighted by Crippen LogP contribution is -2.26. The topological polar surface area (TPSA) is 29.9 Å². The third kappa shape index (κ3) is 2.89. The van der Waals surface area contributed by atoms with Gasteiger partial charge in [-0.3, -0.25) is 0 Å². The van der Waals surface area contributed by atoms with Crippen LogP contribution >= 0.6 is 0 Å². The van der Waals surface area contributed by atoms with Gasteiger partial charge in [-0.15, -0.1) is 0 Å². The molecule has 0 aliphatic heterocycles. The van der Waals surface area contributed by atoms with E-state index in [1.807, 2.05) is 0 Å². The number of imidazole rings is 1. The Labute approximate surface area is 105 Å². The molecule has 1 N–H and O–H groups in total. The largest absolute Gasteiger partial charge is 0.330 e. The molecule has 1 unspecified atom stereocenters. The first kappa shape index (κ1) is 12.6. The summed E-state index contributed by atoms with van der Waals surface area (Å²) in [6.45, 7) is 6.57. The molecule has 3 heteroatoms. The van der Waals surface area contributed by atoms with Gasteiger partial charge in [-0.05, 0) is 38.6 Å². The van der Waals surface area contributed by atoms with Crippen LogP contribution in [0.4, 0.5) is 0 Å². The van der Waals surface area contributed by atoms with Crippen LogP contribution in [-0.4, -0.2) is 22.6 Å². The van der Waals surface area contributed by atoms with Crippen molar-refractivity contribution in [3.63, 3.8) is 0 Å². The molecule has 3 nitrogen and oxygen atoms in total. The summed E-state index contributed by atoms with van der Waals surface area (Å²) in [6.07, 6.45) is 9.62. The number of aromatic nitrogens is 2. The second kappa shape index (κ2) is 6.20. The molecule has 17 heavy (non-hydrogen) atoms. The maximum absolute atomic E-state index is 4.60. The number of hydrogen-bond donors (Lipinski definition) is 1. The van der Waals surface area contributed by atoms with Gasteiger partial charge in [0.25, 0.3) is 0 Å². The van der Waals surface area contributed by atoms with E-state index in [2.05, 4.69) is 35.0 Å². The summed E-state index contributed by atoms with van der Waals surface area (Å²) in [5.41, 5.74) is 2.86. The molecule has 1 aliphatic rings. The van der Waals surface area contributed by atoms with Crippen LogP contribution in [0.1, 0.15) is 57.0 Å². The zero-order chi connectivity index (χ0) is 12.1. The van der Waals surface area contributed by atoms with Crippen molar-refractivity contribution in [2.75, 3.05) is 13.1 Å². The van der Waals surface area contributed by atoms with Crippen LogP contribution in [0.25, 0.3) is 0 Å². The van der Waals surface area contributed by atoms with E-state index < -0.39 is 0 Å². The van der Waals surface area contributed by atoms with E-state index in [1.54, 1.807) is 0 Å². The van der Waals surface area contributed by atoms with Crippen molar-refractivity contribution < 1.29 is 0 Å². The number of fused-ring (bicyclic) bond motifs is 1. The molecule has 1 aromatic rings. The van der Waals surface area contributed by atoms with Crippen LogP contribution in [-0.2, 0) is 12.8 Å². The number of aryl methyl sites for hydroxylation is 1. The number of hydrogen-bond acceptors (Lipinski definition) is 2. The second-order valence-corrected chi connectivity index (χ2v) is 5.00. The predicted molar refractivity (Wildman–Crippen MR) is 71.4 cm³/mol. The molecule has 0 saturated heterocycles. The van der Waals surface area contributed by atoms with Gasteiger partial charge in [0.2, 0.25) is 0 Å². The summed E-state index contributed by atoms with van der Waals surface area (Å²) >= 11 is 0. The Kier molecular flexibility index (Phi) is 4.60. The van der Waals surface area contributed by atoms with Crippen molar-refractivity contribution in [1.29, 1.82) is 0 Å². The Morgan fingerprint density at radius 1 is 1.35 bits per heavy atom. The minimum absolute atomic E-state index is 0.592. The SMILES string of the molecule is CCCC(CNCC)n1cnc2c1CCCC2. The Morgan fingerprint density at radius 3 is 2.94 bits per heavy atom. The highest BCUT2D eigenvalue weighted by atomic mass is 15.1. The number of rotatable bonds is 6. The fourth-order valence-electron chi connectivity index (χ4n) is 2.79. The molecule has 1 aliphatic carbocycles. The van der Waals surface area contributed by atoms with Gasteiger partial charge in [0.1, 0.15) is 0 Å². The normalized spacial score (nSPS) is 16.8. The maximum Gasteiger partial charge on any atom is 0.0954 e. The summed E-state index contributed by atoms with van der Waals surface area (Å²) in [6, 6.07) is 0.592. The zero-order valence-electron chi connectivity index (χ0n) is 11.2. The number of likely N-dealkylation sites (N-methyl/N-ethyl adjacent to an activating group) is 1. The van der Waals surface area contributed by atoms with Crippen molar-refractivity contribution in [3.8, 4) is 0 Å². The average molecular weight is 235 g/mol. The van der Waals surface area contributed by atoms with Crippen molar-refractivity contribution >= 4 is 0 Å². The van der Waals surface area contributed by atoms with Crippen LogP contribution in [0, 0.1) is 0 Å². The highest BCUT2D eigenvalue weighted by Crippen LogP contribution is 2.24. The monoisotopic (exact) mass is 235 g/mol. The van der Waals surface area contributed by atoms with Crippen LogP contribution < -0.4 is 5.32 Å². The third-order valence-corrected chi connectivity index (χ3v) is 3.71. The highest BCUT2D eigenvalue weighted by molar-refractivity contribution is 5.17. The van der Waals surface area contributed by atoms with Crippen LogP contribution in [0.2, 0.25) is 0 Å². The third-order valence-electron chi connectivity index (χ3n) is 3.71. The Bertz CT molecular complexity index is 343. The molecule has 0 bridgehead atoms. The molecule has 2 rings (SSSR count). The Morgan fingerprint density at radius 2 is 2.18 bits per heavy atom. The maximum atomic E-state index is 4.60. The highest BCUT2D eigenvalue weighted by Gasteiger charge is 2.19. The van der Waals surface area contributed by atoms with E-state index in [9.17, 15) is 0 Å². The van der Waals surface area contributed by atoms with Crippen molar-refractivity contribution in [1.82, 2.24) is 14.9 Å². The summed E-state index contributed by atoms with van der Waals surface area (Å²) < 4.78 is 2.45. The van der Waals surface area contributed by atoms with Gasteiger partial charge in [0.15, 0.2) is 0 Å². The summed E-state index contributed by atoms with van der Waals surface area (Å²) in [4.78, 5) is 4.60. The summed E-state index contributed by atoms with van der Waals surface area (Å²) in [5.74, 6) is 0. The Balaban J connectivity index is 2.13. The zero-order valence-corrected chi connectivity index (χ0v) is 11.2. The summed E-state index contributed by atoms with van der Waals surface area (Å²) in [7, 11) is 0. The molecule has 0 aromatic carbocycles. The molecule has 1 aromatic heterocycles. The van der Waals surface area contributed by atoms with Gasteiger partial charge >= 0.3 is 0 Å². The fourth-order valence-corrected chi connectivity index (χ4v) is 2.79. The van der Waals surface area contributed by atoms with Crippen molar-refractivity contribution in [2.45, 2.75) is 58.4 Å². The first-order valence-electron chi connectivity index (χ1n) is 7.12. The molecular formula is C14H25N3. The van der Waals surface area contributed by atoms with E-state index >= 15 is 0 Å². The minimum Gasteiger partial charge on any atom is -0.330 e. The van der Waals surface area contributed by atoms with E-state index in [1.165, 1.54) is 49.9 Å². The minimum atomic E-state index is 0.592. The molecule has 0 spiro atoms. The van der Waals surface area contributed by atoms with Crippen LogP contribution in [0.5, 0.6) is 0 Å². The molecule has 0 amide bonds. The summed E-state index contributed by atoms with van der Waals surface area (Å²) in [5, 5.41) is 3.48. The van der Waals surface area contributed by atoms with Gasteiger partial charge in [0, 0.05) is 18.3 Å². The van der Waals surface area contributed by atoms with Gasteiger partial charge in [-0.1, -0.05) is 20.3 Å². The second-order valence-electron chi connectivity index (χ2n) is 5.00. The van der Waals surface area contributed by atoms with E-state index in [4.69, 9.17) is 0 Å². The lowest BCUT2D eigenvalue weighted by Gasteiger charge is -2.22. The van der Waals surface area contributed by atoms with Crippen LogP contribution in [0.15, 0.2) is 6.33 Å². The smallest absolute Gasteiger partial charge is 0.0954 e. The van der Waals surface area contributed by atoms with Gasteiger partial charge < -0.3 is 9.88 Å². The molecule has 96 valence electrons. The van der Waals surface area contributed by atoms with E-state index in [0.29, 0.717) is 6.04 Å². The first-order valence-corrected chi connectivity index (χ1v) is 7.12. The van der Waals surface area contributed by atoms with Crippen molar-refractivity contribution in [3.05, 3.63) is 17.7 Å². The molecule has 1 atom stereocenters. The van der Waals surface area contributed by atoms with Crippen molar-refractivity contribution in [2.24, 2.45) is 0 Å². The standard InChI is InChI=1S/C14H25N3/c1-3-7-12(10-15-4-2)17-11-16-13-8-5-6-9-14(13)17/h11-12,15H,3-10H2,1-2H3. The molecule has 0 saturated carbocycles. The van der Waals surface area contributed by atoms with Gasteiger partial charge in [-0.25, -0.2) is 4.98 Å². The fraction of sp³-hybridized carbons (Fsp3) is 0.786. The van der Waals surface area contributed by atoms with E-state index in [0.717, 1.165) is 13.1 Å². The quantitative estimate of drug-likeness (QED) is 0.821. The average Bonchev–Trinajstić information content (AvgIpc) is 2.78. The Hall–Kier alpha value is -0.830. The lowest BCUT2D eigenvalue weighted by molar-refractivity contribution is 0.418. The number of nitrogens with one attached hydrogen (secondary N) is 1. The van der Waals surface area contributed by atoms with Crippen LogP contribution in [0.3, 0.4) is 0 Å².